The molecule has 2 N–H and O–H groups in total. The summed E-state index contributed by atoms with van der Waals surface area (Å²) in [6, 6.07) is 2.02. The molecule has 0 saturated carbocycles. The molecule has 15 heavy (non-hydrogen) atoms. The fourth-order valence-corrected chi connectivity index (χ4v) is 2.21. The summed E-state index contributed by atoms with van der Waals surface area (Å²) in [6.45, 7) is 2.78. The number of nitrogens with two attached hydrogens (primary N) is 1. The fraction of sp³-hybridized carbons (Fsp3) is 0.400. The average molecular weight is 274 g/mol. The van der Waals surface area contributed by atoms with E-state index >= 15 is 0 Å². The number of hydrogen-bond acceptors (Lipinski definition) is 4. The number of rotatable bonds is 3. The number of hydrogen-bond donors (Lipinski definition) is 1. The molecule has 5 heteroatoms. The summed E-state index contributed by atoms with van der Waals surface area (Å²) in [4.78, 5) is 4.57. The Morgan fingerprint density at radius 1 is 1.47 bits per heavy atom. The van der Waals surface area contributed by atoms with Gasteiger partial charge in [0.05, 0.1) is 11.1 Å². The van der Waals surface area contributed by atoms with Gasteiger partial charge in [0, 0.05) is 0 Å². The number of benzene rings is 1. The molecule has 1 aromatic carbocycles. The SMILES string of the molecule is Cc1c(CCON)cc(Br)c2c1OCO2. The number of halogens is 1. The number of ether oxygens (including phenoxy) is 2. The molecular formula is C10H12BrNO3. The van der Waals surface area contributed by atoms with Crippen LogP contribution in [0.25, 0.3) is 0 Å². The Kier molecular flexibility index (Phi) is 3.14. The largest absolute Gasteiger partial charge is 0.453 e. The normalized spacial score (nSPS) is 13.3. The molecule has 1 aliphatic heterocycles. The van der Waals surface area contributed by atoms with E-state index in [0.717, 1.165) is 33.5 Å². The quantitative estimate of drug-likeness (QED) is 0.855. The van der Waals surface area contributed by atoms with E-state index in [1.165, 1.54) is 0 Å². The van der Waals surface area contributed by atoms with Gasteiger partial charge in [0.25, 0.3) is 0 Å². The van der Waals surface area contributed by atoms with Gasteiger partial charge in [0.2, 0.25) is 6.79 Å². The van der Waals surface area contributed by atoms with Crippen molar-refractivity contribution in [2.75, 3.05) is 13.4 Å². The van der Waals surface area contributed by atoms with Crippen LogP contribution in [0.2, 0.25) is 0 Å². The molecule has 0 amide bonds. The average Bonchev–Trinajstić information content (AvgIpc) is 2.70. The first kappa shape index (κ1) is 10.7. The van der Waals surface area contributed by atoms with Crippen LogP contribution in [0.5, 0.6) is 11.5 Å². The summed E-state index contributed by atoms with van der Waals surface area (Å²) in [6.07, 6.45) is 0.761. The van der Waals surface area contributed by atoms with Crippen LogP contribution in [-0.2, 0) is 11.3 Å². The summed E-state index contributed by atoms with van der Waals surface area (Å²) < 4.78 is 11.7. The summed E-state index contributed by atoms with van der Waals surface area (Å²) >= 11 is 3.45. The Bertz CT molecular complexity index is 381. The van der Waals surface area contributed by atoms with E-state index in [1.807, 2.05) is 13.0 Å². The summed E-state index contributed by atoms with van der Waals surface area (Å²) in [5, 5.41) is 0. The molecule has 4 nitrogen and oxygen atoms in total. The molecule has 1 aromatic rings. The molecule has 0 aromatic heterocycles. The number of fused-ring (bicyclic) bond motifs is 1. The van der Waals surface area contributed by atoms with Crippen molar-refractivity contribution in [2.24, 2.45) is 5.90 Å². The Morgan fingerprint density at radius 2 is 2.20 bits per heavy atom. The van der Waals surface area contributed by atoms with Crippen LogP contribution in [0, 0.1) is 6.92 Å². The third-order valence-electron chi connectivity index (χ3n) is 2.44. The lowest BCUT2D eigenvalue weighted by Gasteiger charge is -2.09. The van der Waals surface area contributed by atoms with E-state index in [0.29, 0.717) is 6.61 Å². The lowest BCUT2D eigenvalue weighted by atomic mass is 10.0. The second-order valence-electron chi connectivity index (χ2n) is 3.33. The topological polar surface area (TPSA) is 53.7 Å². The predicted molar refractivity (Wildman–Crippen MR) is 58.8 cm³/mol. The highest BCUT2D eigenvalue weighted by atomic mass is 79.9. The smallest absolute Gasteiger partial charge is 0.231 e. The maximum absolute atomic E-state index is 5.41. The van der Waals surface area contributed by atoms with Gasteiger partial charge in [-0.3, -0.25) is 0 Å². The second kappa shape index (κ2) is 4.38. The van der Waals surface area contributed by atoms with Gasteiger partial charge < -0.3 is 14.3 Å². The van der Waals surface area contributed by atoms with Gasteiger partial charge >= 0.3 is 0 Å². The lowest BCUT2D eigenvalue weighted by Crippen LogP contribution is -2.05. The van der Waals surface area contributed by atoms with Crippen LogP contribution in [0.3, 0.4) is 0 Å². The summed E-state index contributed by atoms with van der Waals surface area (Å²) in [7, 11) is 0. The maximum Gasteiger partial charge on any atom is 0.231 e. The lowest BCUT2D eigenvalue weighted by molar-refractivity contribution is 0.141. The fourth-order valence-electron chi connectivity index (χ4n) is 1.64. The minimum Gasteiger partial charge on any atom is -0.453 e. The molecule has 0 unspecified atom stereocenters. The molecule has 0 bridgehead atoms. The van der Waals surface area contributed by atoms with Crippen LogP contribution < -0.4 is 15.4 Å². The molecule has 0 fully saturated rings. The van der Waals surface area contributed by atoms with Crippen molar-refractivity contribution in [3.63, 3.8) is 0 Å². The Balaban J connectivity index is 2.36. The minimum atomic E-state index is 0.283. The van der Waals surface area contributed by atoms with Crippen molar-refractivity contribution in [2.45, 2.75) is 13.3 Å². The molecule has 0 spiro atoms. The predicted octanol–water partition coefficient (Wildman–Crippen LogP) is 1.92. The van der Waals surface area contributed by atoms with E-state index in [-0.39, 0.29) is 6.79 Å². The zero-order valence-electron chi connectivity index (χ0n) is 8.38. The molecule has 0 radical (unpaired) electrons. The van der Waals surface area contributed by atoms with Crippen LogP contribution in [0.1, 0.15) is 11.1 Å². The third-order valence-corrected chi connectivity index (χ3v) is 3.03. The molecule has 0 atom stereocenters. The Labute approximate surface area is 96.4 Å². The van der Waals surface area contributed by atoms with Crippen molar-refractivity contribution < 1.29 is 14.3 Å². The van der Waals surface area contributed by atoms with E-state index in [4.69, 9.17) is 15.4 Å². The molecule has 1 aliphatic rings. The monoisotopic (exact) mass is 273 g/mol. The Morgan fingerprint density at radius 3 is 2.93 bits per heavy atom. The van der Waals surface area contributed by atoms with Gasteiger partial charge in [0.1, 0.15) is 0 Å². The highest BCUT2D eigenvalue weighted by Gasteiger charge is 2.21. The molecule has 2 rings (SSSR count). The van der Waals surface area contributed by atoms with Gasteiger partial charge in [-0.15, -0.1) is 0 Å². The van der Waals surface area contributed by atoms with Crippen molar-refractivity contribution in [3.8, 4) is 11.5 Å². The van der Waals surface area contributed by atoms with E-state index in [9.17, 15) is 0 Å². The zero-order chi connectivity index (χ0) is 10.8. The van der Waals surface area contributed by atoms with Crippen molar-refractivity contribution >= 4 is 15.9 Å². The highest BCUT2D eigenvalue weighted by Crippen LogP contribution is 2.43. The second-order valence-corrected chi connectivity index (χ2v) is 4.18. The molecule has 82 valence electrons. The van der Waals surface area contributed by atoms with E-state index < -0.39 is 0 Å². The van der Waals surface area contributed by atoms with Gasteiger partial charge in [-0.25, -0.2) is 5.90 Å². The van der Waals surface area contributed by atoms with Crippen molar-refractivity contribution in [1.29, 1.82) is 0 Å². The van der Waals surface area contributed by atoms with Gasteiger partial charge in [-0.05, 0) is 46.5 Å². The third kappa shape index (κ3) is 1.95. The zero-order valence-corrected chi connectivity index (χ0v) is 9.96. The Hall–Kier alpha value is -0.780. The maximum atomic E-state index is 5.41. The first-order valence-electron chi connectivity index (χ1n) is 4.63. The van der Waals surface area contributed by atoms with Crippen LogP contribution >= 0.6 is 15.9 Å². The van der Waals surface area contributed by atoms with Crippen molar-refractivity contribution in [3.05, 3.63) is 21.7 Å². The van der Waals surface area contributed by atoms with Crippen LogP contribution in [-0.4, -0.2) is 13.4 Å². The van der Waals surface area contributed by atoms with Crippen molar-refractivity contribution in [1.82, 2.24) is 0 Å². The first-order chi connectivity index (χ1) is 7.24. The highest BCUT2D eigenvalue weighted by molar-refractivity contribution is 9.10. The van der Waals surface area contributed by atoms with Crippen LogP contribution in [0.4, 0.5) is 0 Å². The minimum absolute atomic E-state index is 0.283. The first-order valence-corrected chi connectivity index (χ1v) is 5.42. The standard InChI is InChI=1S/C10H12BrNO3/c1-6-7(2-3-15-12)4-8(11)10-9(6)13-5-14-10/h4H,2-3,5,12H2,1H3. The van der Waals surface area contributed by atoms with Gasteiger partial charge in [0.15, 0.2) is 11.5 Å². The summed E-state index contributed by atoms with van der Waals surface area (Å²) in [5.74, 6) is 6.61. The van der Waals surface area contributed by atoms with E-state index in [2.05, 4.69) is 20.8 Å². The molecule has 0 saturated heterocycles. The van der Waals surface area contributed by atoms with E-state index in [1.54, 1.807) is 0 Å². The molecule has 1 heterocycles. The van der Waals surface area contributed by atoms with Gasteiger partial charge in [-0.1, -0.05) is 0 Å². The molecule has 0 aliphatic carbocycles. The van der Waals surface area contributed by atoms with Gasteiger partial charge in [-0.2, -0.15) is 0 Å². The molecular weight excluding hydrogens is 262 g/mol. The summed E-state index contributed by atoms with van der Waals surface area (Å²) in [5.41, 5.74) is 2.24. The van der Waals surface area contributed by atoms with Crippen LogP contribution in [0.15, 0.2) is 10.5 Å².